The molecule has 0 spiro atoms. The summed E-state index contributed by atoms with van der Waals surface area (Å²) in [5, 5.41) is 15.6. The number of morpholine rings is 1. The van der Waals surface area contributed by atoms with Crippen LogP contribution in [0.4, 0.5) is 5.82 Å². The van der Waals surface area contributed by atoms with Crippen molar-refractivity contribution in [3.05, 3.63) is 22.9 Å². The molecule has 1 aliphatic rings. The van der Waals surface area contributed by atoms with E-state index in [1.165, 1.54) is 10.7 Å². The van der Waals surface area contributed by atoms with Gasteiger partial charge in [0.25, 0.3) is 0 Å². The van der Waals surface area contributed by atoms with Gasteiger partial charge in [-0.2, -0.15) is 5.10 Å². The van der Waals surface area contributed by atoms with Crippen LogP contribution >= 0.6 is 0 Å². The summed E-state index contributed by atoms with van der Waals surface area (Å²) in [5.41, 5.74) is 0.193. The Morgan fingerprint density at radius 1 is 1.61 bits per heavy atom. The van der Waals surface area contributed by atoms with Gasteiger partial charge in [-0.3, -0.25) is 0 Å². The van der Waals surface area contributed by atoms with Gasteiger partial charge in [-0.25, -0.2) is 19.3 Å². The van der Waals surface area contributed by atoms with Crippen LogP contribution in [0.1, 0.15) is 0 Å². The van der Waals surface area contributed by atoms with Crippen molar-refractivity contribution in [2.24, 2.45) is 0 Å². The molecular formula is C10H13N5O3. The SMILES string of the molecule is O=c1[nH]nc2cc(N3CCOCC3CO)ncn12. The molecule has 96 valence electrons. The highest BCUT2D eigenvalue weighted by Crippen LogP contribution is 2.17. The number of aromatic nitrogens is 4. The first-order valence-electron chi connectivity index (χ1n) is 5.67. The number of fused-ring (bicyclic) bond motifs is 1. The largest absolute Gasteiger partial charge is 0.394 e. The molecule has 0 saturated carbocycles. The average Bonchev–Trinajstić information content (AvgIpc) is 2.80. The van der Waals surface area contributed by atoms with E-state index >= 15 is 0 Å². The van der Waals surface area contributed by atoms with Crippen molar-refractivity contribution in [2.75, 3.05) is 31.3 Å². The number of nitrogens with one attached hydrogen (secondary N) is 1. The number of aromatic amines is 1. The summed E-state index contributed by atoms with van der Waals surface area (Å²) in [7, 11) is 0. The van der Waals surface area contributed by atoms with Crippen LogP contribution in [0.5, 0.6) is 0 Å². The van der Waals surface area contributed by atoms with Crippen molar-refractivity contribution < 1.29 is 9.84 Å². The number of aliphatic hydroxyl groups excluding tert-OH is 1. The number of anilines is 1. The molecular weight excluding hydrogens is 238 g/mol. The fourth-order valence-corrected chi connectivity index (χ4v) is 2.06. The Hall–Kier alpha value is -1.93. The van der Waals surface area contributed by atoms with Crippen LogP contribution in [0, 0.1) is 0 Å². The summed E-state index contributed by atoms with van der Waals surface area (Å²) in [4.78, 5) is 17.5. The summed E-state index contributed by atoms with van der Waals surface area (Å²) in [5.74, 6) is 0.684. The zero-order valence-corrected chi connectivity index (χ0v) is 9.61. The lowest BCUT2D eigenvalue weighted by Gasteiger charge is -2.35. The molecule has 0 aliphatic carbocycles. The molecule has 0 bridgehead atoms. The maximum absolute atomic E-state index is 11.3. The summed E-state index contributed by atoms with van der Waals surface area (Å²) in [6.45, 7) is 1.72. The maximum atomic E-state index is 11.3. The smallest absolute Gasteiger partial charge is 0.348 e. The number of hydrogen-bond donors (Lipinski definition) is 2. The number of nitrogens with zero attached hydrogens (tertiary/aromatic N) is 4. The van der Waals surface area contributed by atoms with E-state index in [1.807, 2.05) is 4.90 Å². The highest BCUT2D eigenvalue weighted by atomic mass is 16.5. The molecule has 1 saturated heterocycles. The van der Waals surface area contributed by atoms with E-state index < -0.39 is 0 Å². The average molecular weight is 251 g/mol. The number of aliphatic hydroxyl groups is 1. The van der Waals surface area contributed by atoms with Crippen molar-refractivity contribution in [1.29, 1.82) is 0 Å². The topological polar surface area (TPSA) is 95.8 Å². The van der Waals surface area contributed by atoms with Gasteiger partial charge in [0.15, 0.2) is 5.65 Å². The highest BCUT2D eigenvalue weighted by Gasteiger charge is 2.23. The monoisotopic (exact) mass is 251 g/mol. The number of hydrogen-bond acceptors (Lipinski definition) is 6. The van der Waals surface area contributed by atoms with Crippen LogP contribution in [0.2, 0.25) is 0 Å². The van der Waals surface area contributed by atoms with E-state index in [1.54, 1.807) is 6.07 Å². The molecule has 2 aromatic heterocycles. The van der Waals surface area contributed by atoms with Gasteiger partial charge in [-0.1, -0.05) is 0 Å². The Morgan fingerprint density at radius 3 is 3.33 bits per heavy atom. The predicted molar refractivity (Wildman–Crippen MR) is 62.6 cm³/mol. The number of ether oxygens (including phenoxy) is 1. The third-order valence-corrected chi connectivity index (χ3v) is 3.03. The molecule has 2 aromatic rings. The first kappa shape index (κ1) is 11.2. The van der Waals surface area contributed by atoms with Gasteiger partial charge in [0.2, 0.25) is 0 Å². The molecule has 8 nitrogen and oxygen atoms in total. The van der Waals surface area contributed by atoms with E-state index in [0.717, 1.165) is 0 Å². The highest BCUT2D eigenvalue weighted by molar-refractivity contribution is 5.51. The molecule has 18 heavy (non-hydrogen) atoms. The molecule has 0 aromatic carbocycles. The summed E-state index contributed by atoms with van der Waals surface area (Å²) in [6, 6.07) is 1.60. The zero-order chi connectivity index (χ0) is 12.5. The molecule has 1 unspecified atom stereocenters. The molecule has 1 fully saturated rings. The molecule has 3 heterocycles. The van der Waals surface area contributed by atoms with E-state index in [9.17, 15) is 9.90 Å². The third kappa shape index (κ3) is 1.75. The molecule has 3 rings (SSSR count). The normalized spacial score (nSPS) is 20.5. The van der Waals surface area contributed by atoms with Gasteiger partial charge >= 0.3 is 5.69 Å². The summed E-state index contributed by atoms with van der Waals surface area (Å²) in [6.07, 6.45) is 1.43. The molecule has 0 radical (unpaired) electrons. The standard InChI is InChI=1S/C10H13N5O3/c16-4-7-5-18-2-1-14(7)8-3-9-12-13-10(17)15(9)6-11-8/h3,6-7,16H,1-2,4-5H2,(H,13,17). The first-order valence-corrected chi connectivity index (χ1v) is 5.67. The lowest BCUT2D eigenvalue weighted by molar-refractivity contribution is 0.0723. The molecule has 1 atom stereocenters. The second-order valence-corrected chi connectivity index (χ2v) is 4.11. The van der Waals surface area contributed by atoms with Crippen LogP contribution in [-0.4, -0.2) is 57.1 Å². The second kappa shape index (κ2) is 4.39. The fourth-order valence-electron chi connectivity index (χ4n) is 2.06. The Morgan fingerprint density at radius 2 is 2.50 bits per heavy atom. The van der Waals surface area contributed by atoms with Crippen molar-refractivity contribution in [3.8, 4) is 0 Å². The second-order valence-electron chi connectivity index (χ2n) is 4.11. The minimum atomic E-state index is -0.315. The molecule has 0 amide bonds. The van der Waals surface area contributed by atoms with Crippen molar-refractivity contribution in [3.63, 3.8) is 0 Å². The van der Waals surface area contributed by atoms with Crippen LogP contribution in [0.25, 0.3) is 5.65 Å². The number of rotatable bonds is 2. The summed E-state index contributed by atoms with van der Waals surface area (Å²) < 4.78 is 6.64. The van der Waals surface area contributed by atoms with E-state index in [4.69, 9.17) is 4.74 Å². The Labute approximate surface area is 102 Å². The van der Waals surface area contributed by atoms with Crippen LogP contribution < -0.4 is 10.6 Å². The first-order chi connectivity index (χ1) is 8.79. The van der Waals surface area contributed by atoms with E-state index in [0.29, 0.717) is 31.2 Å². The van der Waals surface area contributed by atoms with E-state index in [2.05, 4.69) is 15.2 Å². The van der Waals surface area contributed by atoms with Crippen LogP contribution in [0.15, 0.2) is 17.2 Å². The minimum Gasteiger partial charge on any atom is -0.394 e. The van der Waals surface area contributed by atoms with Crippen LogP contribution in [-0.2, 0) is 4.74 Å². The quantitative estimate of drug-likeness (QED) is 0.682. The predicted octanol–water partition coefficient (Wildman–Crippen LogP) is -1.38. The van der Waals surface area contributed by atoms with Gasteiger partial charge in [0.05, 0.1) is 25.9 Å². The third-order valence-electron chi connectivity index (χ3n) is 3.03. The number of H-pyrrole nitrogens is 1. The van der Waals surface area contributed by atoms with E-state index in [-0.39, 0.29) is 18.3 Å². The minimum absolute atomic E-state index is 0.000229. The lowest BCUT2D eigenvalue weighted by atomic mass is 10.2. The van der Waals surface area contributed by atoms with Gasteiger partial charge < -0.3 is 14.7 Å². The van der Waals surface area contributed by atoms with Crippen molar-refractivity contribution >= 4 is 11.5 Å². The molecule has 8 heteroatoms. The summed E-state index contributed by atoms with van der Waals surface area (Å²) >= 11 is 0. The Kier molecular flexibility index (Phi) is 2.73. The maximum Gasteiger partial charge on any atom is 0.348 e. The molecule has 1 aliphatic heterocycles. The van der Waals surface area contributed by atoms with Gasteiger partial charge in [0.1, 0.15) is 12.1 Å². The van der Waals surface area contributed by atoms with Gasteiger partial charge in [0, 0.05) is 12.6 Å². The lowest BCUT2D eigenvalue weighted by Crippen LogP contribution is -2.48. The van der Waals surface area contributed by atoms with Crippen molar-refractivity contribution in [1.82, 2.24) is 19.6 Å². The van der Waals surface area contributed by atoms with Gasteiger partial charge in [-0.05, 0) is 0 Å². The Bertz CT molecular complexity index is 607. The van der Waals surface area contributed by atoms with Crippen LogP contribution in [0.3, 0.4) is 0 Å². The van der Waals surface area contributed by atoms with Crippen molar-refractivity contribution in [2.45, 2.75) is 6.04 Å². The Balaban J connectivity index is 1.99. The molecule has 2 N–H and O–H groups in total. The van der Waals surface area contributed by atoms with Gasteiger partial charge in [-0.15, -0.1) is 0 Å². The zero-order valence-electron chi connectivity index (χ0n) is 9.61. The fraction of sp³-hybridized carbons (Fsp3) is 0.500.